The molecule has 2 aliphatic carbocycles. The summed E-state index contributed by atoms with van der Waals surface area (Å²) in [6.45, 7) is 0. The van der Waals surface area contributed by atoms with Crippen molar-refractivity contribution >= 4 is 0 Å². The van der Waals surface area contributed by atoms with Crippen molar-refractivity contribution in [3.05, 3.63) is 41.4 Å². The highest BCUT2D eigenvalue weighted by Crippen LogP contribution is 2.63. The summed E-state index contributed by atoms with van der Waals surface area (Å²) in [5.74, 6) is 0.777. The van der Waals surface area contributed by atoms with Gasteiger partial charge in [0.15, 0.2) is 0 Å². The summed E-state index contributed by atoms with van der Waals surface area (Å²) in [5.41, 5.74) is 11.8. The van der Waals surface area contributed by atoms with Crippen LogP contribution in [0, 0.1) is 11.3 Å². The van der Waals surface area contributed by atoms with E-state index in [0.717, 1.165) is 12.3 Å². The molecule has 0 N–H and O–H groups in total. The molecule has 1 aromatic rings. The first kappa shape index (κ1) is 8.91. The van der Waals surface area contributed by atoms with Crippen molar-refractivity contribution in [3.63, 3.8) is 0 Å². The normalized spacial score (nSPS) is 43.5. The van der Waals surface area contributed by atoms with Crippen LogP contribution in [-0.4, -0.2) is 16.8 Å². The topological polar surface area (TPSA) is 25.3 Å². The predicted molar refractivity (Wildman–Crippen MR) is 61.1 cm³/mol. The highest BCUT2D eigenvalue weighted by molar-refractivity contribution is 5.21. The summed E-state index contributed by atoms with van der Waals surface area (Å²) in [6.07, 6.45) is 4.94. The van der Waals surface area contributed by atoms with Gasteiger partial charge in [-0.2, -0.15) is 0 Å². The van der Waals surface area contributed by atoms with E-state index in [0.29, 0.717) is 17.5 Å². The number of hydrogen-bond acceptors (Lipinski definition) is 0. The lowest BCUT2D eigenvalue weighted by Crippen LogP contribution is -2.31. The van der Waals surface area contributed by atoms with Gasteiger partial charge in [-0.3, -0.25) is 0 Å². The van der Waals surface area contributed by atoms with Gasteiger partial charge in [0.1, 0.15) is 12.1 Å². The van der Waals surface area contributed by atoms with Crippen LogP contribution < -0.4 is 0 Å². The SMILES string of the molecule is [N-]=[N+]1C2C[C@@]3(Cc4ccccc4)C[C@H]2CC13. The molecule has 0 spiro atoms. The molecule has 4 aliphatic rings. The monoisotopic (exact) mass is 212 g/mol. The smallest absolute Gasteiger partial charge is 0.147 e. The molecule has 4 atom stereocenters. The number of benzene rings is 1. The van der Waals surface area contributed by atoms with E-state index in [9.17, 15) is 5.53 Å². The molecule has 2 nitrogen and oxygen atoms in total. The quantitative estimate of drug-likeness (QED) is 0.674. The Morgan fingerprint density at radius 1 is 1.25 bits per heavy atom. The van der Waals surface area contributed by atoms with Crippen LogP contribution in [0.15, 0.2) is 30.3 Å². The molecule has 4 bridgehead atoms. The van der Waals surface area contributed by atoms with Crippen LogP contribution in [0.25, 0.3) is 5.53 Å². The minimum Gasteiger partial charge on any atom is -0.506 e. The standard InChI is InChI=1S/C14H16N2/c15-16-12-9-14(8-11(12)6-13(14)16)7-10-4-2-1-3-5-10/h1-5,11-13H,6-9H2/t11-,12?,13?,14-/m1/s1. The maximum Gasteiger partial charge on any atom is 0.147 e. The van der Waals surface area contributed by atoms with E-state index in [1.165, 1.54) is 24.8 Å². The van der Waals surface area contributed by atoms with Crippen LogP contribution >= 0.6 is 0 Å². The Labute approximate surface area is 95.8 Å². The van der Waals surface area contributed by atoms with Gasteiger partial charge in [0.05, 0.1) is 0 Å². The minimum atomic E-state index is 0.394. The third-order valence-corrected chi connectivity index (χ3v) is 5.12. The van der Waals surface area contributed by atoms with Gasteiger partial charge in [-0.15, -0.1) is 0 Å². The first-order chi connectivity index (χ1) is 7.78. The Bertz CT molecular complexity index is 453. The van der Waals surface area contributed by atoms with E-state index in [1.807, 2.05) is 0 Å². The molecular weight excluding hydrogens is 196 g/mol. The van der Waals surface area contributed by atoms with Crippen molar-refractivity contribution in [2.45, 2.75) is 37.8 Å². The summed E-state index contributed by atoms with van der Waals surface area (Å²) in [4.78, 5) is 0. The molecule has 2 unspecified atom stereocenters. The van der Waals surface area contributed by atoms with Crippen molar-refractivity contribution in [1.82, 2.24) is 0 Å². The van der Waals surface area contributed by atoms with Gasteiger partial charge >= 0.3 is 0 Å². The molecule has 2 saturated heterocycles. The van der Waals surface area contributed by atoms with Crippen molar-refractivity contribution in [2.24, 2.45) is 11.3 Å². The second-order valence-electron chi connectivity index (χ2n) is 5.89. The van der Waals surface area contributed by atoms with Crippen LogP contribution in [-0.2, 0) is 6.42 Å². The van der Waals surface area contributed by atoms with Crippen LogP contribution in [0.1, 0.15) is 24.8 Å². The van der Waals surface area contributed by atoms with Crippen LogP contribution in [0.4, 0.5) is 0 Å². The van der Waals surface area contributed by atoms with E-state index in [-0.39, 0.29) is 0 Å². The number of piperidine rings is 1. The molecule has 4 fully saturated rings. The van der Waals surface area contributed by atoms with Gasteiger partial charge < -0.3 is 10.2 Å². The highest BCUT2D eigenvalue weighted by Gasteiger charge is 2.69. The zero-order valence-corrected chi connectivity index (χ0v) is 9.34. The summed E-state index contributed by atoms with van der Waals surface area (Å²) in [6, 6.07) is 11.7. The molecule has 2 heterocycles. The molecule has 2 aliphatic heterocycles. The number of hydrogen-bond donors (Lipinski definition) is 0. The molecule has 16 heavy (non-hydrogen) atoms. The van der Waals surface area contributed by atoms with Gasteiger partial charge in [0.2, 0.25) is 0 Å². The van der Waals surface area contributed by atoms with Crippen LogP contribution in [0.3, 0.4) is 0 Å². The summed E-state index contributed by atoms with van der Waals surface area (Å²) >= 11 is 0. The Kier molecular flexibility index (Phi) is 1.52. The van der Waals surface area contributed by atoms with E-state index < -0.39 is 0 Å². The Morgan fingerprint density at radius 2 is 2.06 bits per heavy atom. The highest BCUT2D eigenvalue weighted by atomic mass is 15.3. The molecule has 82 valence electrons. The lowest BCUT2D eigenvalue weighted by molar-refractivity contribution is -0.592. The van der Waals surface area contributed by atoms with Crippen molar-refractivity contribution < 1.29 is 4.70 Å². The molecule has 1 aromatic carbocycles. The van der Waals surface area contributed by atoms with E-state index in [1.54, 1.807) is 4.70 Å². The summed E-state index contributed by atoms with van der Waals surface area (Å²) in [5, 5.41) is 0. The molecule has 0 radical (unpaired) electrons. The first-order valence-corrected chi connectivity index (χ1v) is 6.30. The number of rotatable bonds is 2. The molecule has 0 amide bonds. The number of nitrogens with zero attached hydrogens (tertiary/aromatic N) is 2. The molecule has 2 heteroatoms. The maximum absolute atomic E-state index is 10.0. The van der Waals surface area contributed by atoms with Crippen LogP contribution in [0.2, 0.25) is 0 Å². The van der Waals surface area contributed by atoms with Gasteiger partial charge in [-0.05, 0) is 18.4 Å². The molecule has 2 saturated carbocycles. The zero-order chi connectivity index (χ0) is 10.8. The summed E-state index contributed by atoms with van der Waals surface area (Å²) < 4.78 is 1.68. The second kappa shape index (κ2) is 2.73. The van der Waals surface area contributed by atoms with Crippen molar-refractivity contribution in [1.29, 1.82) is 0 Å². The average molecular weight is 212 g/mol. The predicted octanol–water partition coefficient (Wildman–Crippen LogP) is 2.81. The lowest BCUT2D eigenvalue weighted by Gasteiger charge is -2.25. The van der Waals surface area contributed by atoms with E-state index >= 15 is 0 Å². The van der Waals surface area contributed by atoms with Crippen molar-refractivity contribution in [3.8, 4) is 0 Å². The fourth-order valence-corrected chi connectivity index (χ4v) is 4.57. The lowest BCUT2D eigenvalue weighted by atomic mass is 9.78. The Balaban J connectivity index is 1.68. The fourth-order valence-electron chi connectivity index (χ4n) is 4.57. The largest absolute Gasteiger partial charge is 0.506 e. The van der Waals surface area contributed by atoms with Gasteiger partial charge in [0.25, 0.3) is 0 Å². The van der Waals surface area contributed by atoms with E-state index in [4.69, 9.17) is 0 Å². The van der Waals surface area contributed by atoms with Crippen molar-refractivity contribution in [2.75, 3.05) is 0 Å². The third kappa shape index (κ3) is 0.933. The molecule has 0 aromatic heterocycles. The summed E-state index contributed by atoms with van der Waals surface area (Å²) in [7, 11) is 0. The molecule has 5 rings (SSSR count). The minimum absolute atomic E-state index is 0.394. The third-order valence-electron chi connectivity index (χ3n) is 5.12. The van der Waals surface area contributed by atoms with Gasteiger partial charge in [-0.1, -0.05) is 30.3 Å². The Hall–Kier alpha value is -1.18. The van der Waals surface area contributed by atoms with Gasteiger partial charge in [0, 0.05) is 24.2 Å². The maximum atomic E-state index is 10.0. The van der Waals surface area contributed by atoms with E-state index in [2.05, 4.69) is 30.3 Å². The second-order valence-corrected chi connectivity index (χ2v) is 5.89. The fraction of sp³-hybridized carbons (Fsp3) is 0.571. The average Bonchev–Trinajstić information content (AvgIpc) is 2.95. The van der Waals surface area contributed by atoms with Gasteiger partial charge in [-0.25, -0.2) is 0 Å². The Morgan fingerprint density at radius 3 is 2.62 bits per heavy atom. The molecular formula is C14H16N2. The van der Waals surface area contributed by atoms with Crippen LogP contribution in [0.5, 0.6) is 0 Å². The first-order valence-electron chi connectivity index (χ1n) is 6.30. The zero-order valence-electron chi connectivity index (χ0n) is 9.34.